The van der Waals surface area contributed by atoms with Crippen molar-refractivity contribution in [2.24, 2.45) is 5.92 Å². The van der Waals surface area contributed by atoms with Crippen molar-refractivity contribution in [1.29, 1.82) is 0 Å². The van der Waals surface area contributed by atoms with Crippen LogP contribution in [0.5, 0.6) is 0 Å². The third kappa shape index (κ3) is 5.73. The number of nitrogens with one attached hydrogen (secondary N) is 2. The number of sulfonamides is 1. The number of hydrogen-bond acceptors (Lipinski definition) is 4. The zero-order chi connectivity index (χ0) is 21.8. The van der Waals surface area contributed by atoms with Crippen LogP contribution >= 0.6 is 0 Å². The van der Waals surface area contributed by atoms with E-state index >= 15 is 0 Å². The highest BCUT2D eigenvalue weighted by Gasteiger charge is 2.31. The van der Waals surface area contributed by atoms with Crippen molar-refractivity contribution >= 4 is 21.6 Å². The lowest BCUT2D eigenvalue weighted by atomic mass is 10.1. The van der Waals surface area contributed by atoms with Gasteiger partial charge in [0.15, 0.2) is 0 Å². The molecule has 1 aliphatic heterocycles. The zero-order valence-corrected chi connectivity index (χ0v) is 16.8. The normalized spacial score (nSPS) is 17.2. The van der Waals surface area contributed by atoms with Crippen molar-refractivity contribution in [3.05, 3.63) is 60.2 Å². The smallest absolute Gasteiger partial charge is 0.371 e. The van der Waals surface area contributed by atoms with Gasteiger partial charge in [-0.2, -0.15) is 13.2 Å². The Morgan fingerprint density at radius 3 is 2.53 bits per heavy atom. The van der Waals surface area contributed by atoms with Crippen LogP contribution in [0.2, 0.25) is 0 Å². The van der Waals surface area contributed by atoms with E-state index in [9.17, 15) is 26.4 Å². The fourth-order valence-electron chi connectivity index (χ4n) is 3.28. The number of halogens is 3. The minimum atomic E-state index is -4.65. The molecule has 3 rings (SSSR count). The first-order valence-corrected chi connectivity index (χ1v) is 10.9. The molecule has 0 saturated carbocycles. The van der Waals surface area contributed by atoms with Crippen LogP contribution in [-0.2, 0) is 21.0 Å². The molecule has 0 spiro atoms. The van der Waals surface area contributed by atoms with Crippen LogP contribution < -0.4 is 14.9 Å². The fraction of sp³-hybridized carbons (Fsp3) is 0.350. The number of amides is 1. The predicted octanol–water partition coefficient (Wildman–Crippen LogP) is 2.63. The summed E-state index contributed by atoms with van der Waals surface area (Å²) in [7, 11) is -4.24. The standard InChI is InChI=1S/C20H22F3N3O3S/c21-20(22,23)16-5-4-8-18(11-16)30(28,29)25-13-19(27)24-12-15-9-10-26(14-15)17-6-2-1-3-7-17/h1-8,11,15,25H,9-10,12-14H2,(H,24,27). The molecule has 1 amide bonds. The Balaban J connectivity index is 1.48. The van der Waals surface area contributed by atoms with Crippen molar-refractivity contribution in [3.63, 3.8) is 0 Å². The van der Waals surface area contributed by atoms with Crippen LogP contribution in [-0.4, -0.2) is 40.5 Å². The second-order valence-electron chi connectivity index (χ2n) is 7.09. The van der Waals surface area contributed by atoms with Crippen LogP contribution in [0, 0.1) is 5.92 Å². The van der Waals surface area contributed by atoms with Gasteiger partial charge < -0.3 is 10.2 Å². The molecule has 0 bridgehead atoms. The molecule has 1 aliphatic rings. The molecule has 1 heterocycles. The third-order valence-corrected chi connectivity index (χ3v) is 6.29. The first kappa shape index (κ1) is 22.1. The molecule has 2 N–H and O–H groups in total. The average Bonchev–Trinajstić information content (AvgIpc) is 3.20. The van der Waals surface area contributed by atoms with Crippen molar-refractivity contribution in [3.8, 4) is 0 Å². The van der Waals surface area contributed by atoms with Crippen molar-refractivity contribution < 1.29 is 26.4 Å². The summed E-state index contributed by atoms with van der Waals surface area (Å²) in [6.07, 6.45) is -3.76. The monoisotopic (exact) mass is 441 g/mol. The molecule has 1 atom stereocenters. The van der Waals surface area contributed by atoms with E-state index in [-0.39, 0.29) is 5.92 Å². The van der Waals surface area contributed by atoms with Gasteiger partial charge in [0, 0.05) is 25.3 Å². The van der Waals surface area contributed by atoms with Crippen LogP contribution in [0.1, 0.15) is 12.0 Å². The SMILES string of the molecule is O=C(CNS(=O)(=O)c1cccc(C(F)(F)F)c1)NCC1CCN(c2ccccc2)C1. The minimum Gasteiger partial charge on any atom is -0.371 e. The highest BCUT2D eigenvalue weighted by atomic mass is 32.2. The van der Waals surface area contributed by atoms with Gasteiger partial charge in [0.2, 0.25) is 15.9 Å². The lowest BCUT2D eigenvalue weighted by Crippen LogP contribution is -2.39. The van der Waals surface area contributed by atoms with Gasteiger partial charge in [0.05, 0.1) is 17.0 Å². The fourth-order valence-corrected chi connectivity index (χ4v) is 4.30. The van der Waals surface area contributed by atoms with E-state index in [4.69, 9.17) is 0 Å². The Labute approximate surface area is 173 Å². The second kappa shape index (κ2) is 9.05. The summed E-state index contributed by atoms with van der Waals surface area (Å²) >= 11 is 0. The Bertz CT molecular complexity index is 982. The maximum Gasteiger partial charge on any atom is 0.416 e. The third-order valence-electron chi connectivity index (χ3n) is 4.89. The summed E-state index contributed by atoms with van der Waals surface area (Å²) < 4.78 is 64.8. The maximum absolute atomic E-state index is 12.8. The number of hydrogen-bond donors (Lipinski definition) is 2. The van der Waals surface area contributed by atoms with Crippen LogP contribution in [0.4, 0.5) is 18.9 Å². The van der Waals surface area contributed by atoms with Gasteiger partial charge in [-0.1, -0.05) is 24.3 Å². The Kier molecular flexibility index (Phi) is 6.67. The molecule has 2 aromatic rings. The molecule has 30 heavy (non-hydrogen) atoms. The lowest BCUT2D eigenvalue weighted by Gasteiger charge is -2.18. The van der Waals surface area contributed by atoms with Gasteiger partial charge in [-0.15, -0.1) is 0 Å². The summed E-state index contributed by atoms with van der Waals surface area (Å²) in [4.78, 5) is 13.7. The number of carbonyl (C=O) groups is 1. The molecule has 0 aliphatic carbocycles. The molecular formula is C20H22F3N3O3S. The summed E-state index contributed by atoms with van der Waals surface area (Å²) in [6.45, 7) is 1.49. The lowest BCUT2D eigenvalue weighted by molar-refractivity contribution is -0.137. The second-order valence-corrected chi connectivity index (χ2v) is 8.86. The molecule has 1 saturated heterocycles. The van der Waals surface area contributed by atoms with Gasteiger partial charge in [-0.25, -0.2) is 13.1 Å². The van der Waals surface area contributed by atoms with Crippen molar-refractivity contribution in [2.45, 2.75) is 17.5 Å². The number of carbonyl (C=O) groups excluding carboxylic acids is 1. The summed E-state index contributed by atoms with van der Waals surface area (Å²) in [5.74, 6) is -0.307. The number of anilines is 1. The number of benzene rings is 2. The number of alkyl halides is 3. The van der Waals surface area contributed by atoms with Crippen LogP contribution in [0.25, 0.3) is 0 Å². The number of nitrogens with zero attached hydrogens (tertiary/aromatic N) is 1. The molecule has 1 unspecified atom stereocenters. The van der Waals surface area contributed by atoms with Gasteiger partial charge in [0.1, 0.15) is 0 Å². The van der Waals surface area contributed by atoms with E-state index in [0.29, 0.717) is 12.6 Å². The molecule has 6 nitrogen and oxygen atoms in total. The van der Waals surface area contributed by atoms with Gasteiger partial charge >= 0.3 is 6.18 Å². The van der Waals surface area contributed by atoms with Gasteiger partial charge in [-0.05, 0) is 42.7 Å². The Hall–Kier alpha value is -2.59. The highest BCUT2D eigenvalue weighted by molar-refractivity contribution is 7.89. The Morgan fingerprint density at radius 2 is 1.83 bits per heavy atom. The maximum atomic E-state index is 12.8. The summed E-state index contributed by atoms with van der Waals surface area (Å²) in [5, 5.41) is 2.68. The molecule has 2 aromatic carbocycles. The van der Waals surface area contributed by atoms with Gasteiger partial charge in [-0.3, -0.25) is 4.79 Å². The molecule has 1 fully saturated rings. The van der Waals surface area contributed by atoms with E-state index in [1.54, 1.807) is 0 Å². The molecule has 10 heteroatoms. The van der Waals surface area contributed by atoms with E-state index in [1.165, 1.54) is 0 Å². The van der Waals surface area contributed by atoms with Crippen LogP contribution in [0.15, 0.2) is 59.5 Å². The first-order chi connectivity index (χ1) is 14.1. The number of rotatable bonds is 7. The first-order valence-electron chi connectivity index (χ1n) is 9.39. The van der Waals surface area contributed by atoms with E-state index in [1.807, 2.05) is 35.1 Å². The average molecular weight is 441 g/mol. The molecule has 0 aromatic heterocycles. The topological polar surface area (TPSA) is 78.5 Å². The summed E-state index contributed by atoms with van der Waals surface area (Å²) in [5.41, 5.74) is 0.0409. The van der Waals surface area contributed by atoms with E-state index in [0.717, 1.165) is 43.4 Å². The number of para-hydroxylation sites is 1. The van der Waals surface area contributed by atoms with Crippen molar-refractivity contribution in [2.75, 3.05) is 31.1 Å². The minimum absolute atomic E-state index is 0.231. The predicted molar refractivity (Wildman–Crippen MR) is 106 cm³/mol. The largest absolute Gasteiger partial charge is 0.416 e. The van der Waals surface area contributed by atoms with Crippen molar-refractivity contribution in [1.82, 2.24) is 10.0 Å². The zero-order valence-electron chi connectivity index (χ0n) is 16.0. The van der Waals surface area contributed by atoms with Crippen LogP contribution in [0.3, 0.4) is 0 Å². The Morgan fingerprint density at radius 1 is 1.10 bits per heavy atom. The van der Waals surface area contributed by atoms with Gasteiger partial charge in [0.25, 0.3) is 0 Å². The highest BCUT2D eigenvalue weighted by Crippen LogP contribution is 2.30. The molecular weight excluding hydrogens is 419 g/mol. The quantitative estimate of drug-likeness (QED) is 0.693. The molecule has 162 valence electrons. The summed E-state index contributed by atoms with van der Waals surface area (Å²) in [6, 6.07) is 13.3. The van der Waals surface area contributed by atoms with E-state index in [2.05, 4.69) is 10.2 Å². The molecule has 0 radical (unpaired) electrons. The van der Waals surface area contributed by atoms with E-state index < -0.39 is 39.1 Å².